The Morgan fingerprint density at radius 2 is 1.79 bits per heavy atom. The van der Waals surface area contributed by atoms with Gasteiger partial charge in [-0.05, 0) is 59.8 Å². The molecule has 2 rings (SSSR count). The van der Waals surface area contributed by atoms with Crippen LogP contribution in [0, 0.1) is 12.7 Å². The van der Waals surface area contributed by atoms with Crippen LogP contribution in [-0.4, -0.2) is 26.7 Å². The van der Waals surface area contributed by atoms with Crippen molar-refractivity contribution in [1.82, 2.24) is 4.57 Å². The molecule has 0 saturated carbocycles. The third-order valence-electron chi connectivity index (χ3n) is 4.08. The standard InChI is InChI=1S/C17H19BrFNO4/c1-10-11(4-2-5-14(21)22)16-13(19)8-7-12(18)17(16)20(10)9-3-6-15(23)24/h7-8H,2-6,9H2,1H3,(H,21,22)(H,23,24). The molecule has 0 unspecified atom stereocenters. The highest BCUT2D eigenvalue weighted by Gasteiger charge is 2.19. The van der Waals surface area contributed by atoms with Gasteiger partial charge in [0.25, 0.3) is 0 Å². The van der Waals surface area contributed by atoms with Gasteiger partial charge in [-0.2, -0.15) is 0 Å². The molecule has 0 fully saturated rings. The zero-order valence-corrected chi connectivity index (χ0v) is 14.9. The summed E-state index contributed by atoms with van der Waals surface area (Å²) in [6.07, 6.45) is 1.41. The Morgan fingerprint density at radius 3 is 2.42 bits per heavy atom. The predicted molar refractivity (Wildman–Crippen MR) is 91.8 cm³/mol. The average molecular weight is 400 g/mol. The monoisotopic (exact) mass is 399 g/mol. The quantitative estimate of drug-likeness (QED) is 0.699. The number of hydrogen-bond acceptors (Lipinski definition) is 2. The molecule has 0 radical (unpaired) electrons. The largest absolute Gasteiger partial charge is 0.481 e. The number of rotatable bonds is 8. The summed E-state index contributed by atoms with van der Waals surface area (Å²) in [5.74, 6) is -2.09. The van der Waals surface area contributed by atoms with Crippen LogP contribution < -0.4 is 0 Å². The van der Waals surface area contributed by atoms with Gasteiger partial charge in [0.05, 0.1) is 5.52 Å². The van der Waals surface area contributed by atoms with Crippen LogP contribution in [0.4, 0.5) is 4.39 Å². The van der Waals surface area contributed by atoms with Crippen LogP contribution >= 0.6 is 15.9 Å². The number of nitrogens with zero attached hydrogens (tertiary/aromatic N) is 1. The molecule has 2 N–H and O–H groups in total. The summed E-state index contributed by atoms with van der Waals surface area (Å²) in [7, 11) is 0. The number of carboxylic acids is 2. The second-order valence-corrected chi connectivity index (χ2v) is 6.57. The number of fused-ring (bicyclic) bond motifs is 1. The zero-order chi connectivity index (χ0) is 17.9. The van der Waals surface area contributed by atoms with E-state index in [1.165, 1.54) is 6.07 Å². The molecule has 5 nitrogen and oxygen atoms in total. The van der Waals surface area contributed by atoms with Gasteiger partial charge in [-0.3, -0.25) is 9.59 Å². The van der Waals surface area contributed by atoms with Gasteiger partial charge in [-0.25, -0.2) is 4.39 Å². The summed E-state index contributed by atoms with van der Waals surface area (Å²) in [4.78, 5) is 21.5. The van der Waals surface area contributed by atoms with Crippen molar-refractivity contribution in [1.29, 1.82) is 0 Å². The molecule has 0 amide bonds. The van der Waals surface area contributed by atoms with Crippen molar-refractivity contribution in [3.05, 3.63) is 33.7 Å². The van der Waals surface area contributed by atoms with Crippen molar-refractivity contribution >= 4 is 38.8 Å². The van der Waals surface area contributed by atoms with E-state index in [-0.39, 0.29) is 18.7 Å². The van der Waals surface area contributed by atoms with Crippen LogP contribution in [0.25, 0.3) is 10.9 Å². The Bertz CT molecular complexity index is 722. The average Bonchev–Trinajstić information content (AvgIpc) is 2.77. The Labute approximate surface area is 147 Å². The molecule has 0 aliphatic heterocycles. The molecule has 2 aromatic rings. The molecule has 7 heteroatoms. The highest BCUT2D eigenvalue weighted by Crippen LogP contribution is 2.34. The van der Waals surface area contributed by atoms with E-state index in [4.69, 9.17) is 10.2 Å². The molecule has 1 aromatic heterocycles. The summed E-state index contributed by atoms with van der Waals surface area (Å²) in [5.41, 5.74) is 2.34. The molecular weight excluding hydrogens is 381 g/mol. The third-order valence-corrected chi connectivity index (χ3v) is 4.72. The Morgan fingerprint density at radius 1 is 1.17 bits per heavy atom. The summed E-state index contributed by atoms with van der Waals surface area (Å²) >= 11 is 3.44. The van der Waals surface area contributed by atoms with E-state index < -0.39 is 11.9 Å². The first-order valence-electron chi connectivity index (χ1n) is 7.72. The number of aromatic nitrogens is 1. The maximum atomic E-state index is 14.4. The van der Waals surface area contributed by atoms with Gasteiger partial charge >= 0.3 is 11.9 Å². The second-order valence-electron chi connectivity index (χ2n) is 5.71. The van der Waals surface area contributed by atoms with Gasteiger partial charge in [0.15, 0.2) is 0 Å². The molecule has 1 heterocycles. The molecular formula is C17H19BrFNO4. The second kappa shape index (κ2) is 7.79. The first-order valence-corrected chi connectivity index (χ1v) is 8.51. The van der Waals surface area contributed by atoms with Gasteiger partial charge in [-0.1, -0.05) is 0 Å². The number of hydrogen-bond donors (Lipinski definition) is 2. The molecule has 0 aliphatic rings. The maximum Gasteiger partial charge on any atom is 0.303 e. The summed E-state index contributed by atoms with van der Waals surface area (Å²) in [6.45, 7) is 2.33. The lowest BCUT2D eigenvalue weighted by Crippen LogP contribution is -2.04. The number of halogens is 2. The smallest absolute Gasteiger partial charge is 0.303 e. The van der Waals surface area contributed by atoms with E-state index in [2.05, 4.69) is 15.9 Å². The van der Waals surface area contributed by atoms with Crippen molar-refractivity contribution in [3.8, 4) is 0 Å². The summed E-state index contributed by atoms with van der Waals surface area (Å²) in [5, 5.41) is 18.1. The van der Waals surface area contributed by atoms with Crippen molar-refractivity contribution in [2.75, 3.05) is 0 Å². The number of carbonyl (C=O) groups is 2. The first kappa shape index (κ1) is 18.4. The zero-order valence-electron chi connectivity index (χ0n) is 13.3. The fourth-order valence-corrected chi connectivity index (χ4v) is 3.54. The van der Waals surface area contributed by atoms with Gasteiger partial charge in [0.2, 0.25) is 0 Å². The first-order chi connectivity index (χ1) is 11.3. The van der Waals surface area contributed by atoms with E-state index in [0.29, 0.717) is 36.7 Å². The lowest BCUT2D eigenvalue weighted by molar-refractivity contribution is -0.138. The highest BCUT2D eigenvalue weighted by atomic mass is 79.9. The van der Waals surface area contributed by atoms with Crippen molar-refractivity contribution in [2.45, 2.75) is 45.6 Å². The third kappa shape index (κ3) is 3.95. The van der Waals surface area contributed by atoms with E-state index in [0.717, 1.165) is 15.7 Å². The maximum absolute atomic E-state index is 14.4. The molecule has 0 atom stereocenters. The molecule has 0 aliphatic carbocycles. The van der Waals surface area contributed by atoms with Crippen LogP contribution in [0.15, 0.2) is 16.6 Å². The van der Waals surface area contributed by atoms with Crippen molar-refractivity contribution in [2.24, 2.45) is 0 Å². The fraction of sp³-hybridized carbons (Fsp3) is 0.412. The molecule has 130 valence electrons. The number of benzene rings is 1. The van der Waals surface area contributed by atoms with Gasteiger partial charge in [-0.15, -0.1) is 0 Å². The van der Waals surface area contributed by atoms with E-state index >= 15 is 0 Å². The van der Waals surface area contributed by atoms with E-state index in [9.17, 15) is 14.0 Å². The van der Waals surface area contributed by atoms with Gasteiger partial charge in [0.1, 0.15) is 5.82 Å². The van der Waals surface area contributed by atoms with E-state index in [1.807, 2.05) is 11.5 Å². The Balaban J connectivity index is 2.44. The SMILES string of the molecule is Cc1c(CCCC(=O)O)c2c(F)ccc(Br)c2n1CCCC(=O)O. The number of aliphatic carboxylic acids is 2. The van der Waals surface area contributed by atoms with Crippen LogP contribution in [0.3, 0.4) is 0 Å². The molecule has 0 saturated heterocycles. The number of carboxylic acid groups (broad SMARTS) is 2. The van der Waals surface area contributed by atoms with Crippen molar-refractivity contribution < 1.29 is 24.2 Å². The lowest BCUT2D eigenvalue weighted by atomic mass is 10.0. The highest BCUT2D eigenvalue weighted by molar-refractivity contribution is 9.10. The Kier molecular flexibility index (Phi) is 5.99. The topological polar surface area (TPSA) is 79.5 Å². The van der Waals surface area contributed by atoms with Crippen molar-refractivity contribution in [3.63, 3.8) is 0 Å². The van der Waals surface area contributed by atoms with Crippen LogP contribution in [-0.2, 0) is 22.6 Å². The minimum Gasteiger partial charge on any atom is -0.481 e. The molecule has 1 aromatic carbocycles. The normalized spacial score (nSPS) is 11.1. The lowest BCUT2D eigenvalue weighted by Gasteiger charge is -2.09. The minimum absolute atomic E-state index is 0.0285. The van der Waals surface area contributed by atoms with Gasteiger partial charge < -0.3 is 14.8 Å². The number of aryl methyl sites for hydroxylation is 2. The van der Waals surface area contributed by atoms with Crippen LogP contribution in [0.1, 0.15) is 36.9 Å². The molecule has 0 bridgehead atoms. The summed E-state index contributed by atoms with van der Waals surface area (Å²) in [6, 6.07) is 3.01. The van der Waals surface area contributed by atoms with E-state index in [1.54, 1.807) is 6.07 Å². The minimum atomic E-state index is -0.875. The fourth-order valence-electron chi connectivity index (χ4n) is 2.99. The van der Waals surface area contributed by atoms with Gasteiger partial charge in [0, 0.05) is 34.9 Å². The molecule has 24 heavy (non-hydrogen) atoms. The van der Waals surface area contributed by atoms with Crippen LogP contribution in [0.5, 0.6) is 0 Å². The summed E-state index contributed by atoms with van der Waals surface area (Å²) < 4.78 is 17.1. The molecule has 0 spiro atoms. The Hall–Kier alpha value is -1.89. The van der Waals surface area contributed by atoms with Crippen LogP contribution in [0.2, 0.25) is 0 Å². The predicted octanol–water partition coefficient (Wildman–Crippen LogP) is 4.12.